The molecule has 9 heteroatoms. The molecule has 37 heavy (non-hydrogen) atoms. The lowest BCUT2D eigenvalue weighted by Gasteiger charge is -2.40. The highest BCUT2D eigenvalue weighted by atomic mass is 35.5. The number of hydrogen-bond acceptors (Lipinski definition) is 6. The van der Waals surface area contributed by atoms with Gasteiger partial charge < -0.3 is 20.1 Å². The number of aliphatic hydroxyl groups is 1. The molecule has 0 aromatic heterocycles. The number of hydrogen-bond donors (Lipinski definition) is 3. The first-order valence-electron chi connectivity index (χ1n) is 11.5. The zero-order valence-electron chi connectivity index (χ0n) is 19.8. The summed E-state index contributed by atoms with van der Waals surface area (Å²) in [5.74, 6) is 0.304. The van der Waals surface area contributed by atoms with Crippen molar-refractivity contribution in [1.29, 1.82) is 10.7 Å². The first-order chi connectivity index (χ1) is 17.9. The van der Waals surface area contributed by atoms with E-state index in [2.05, 4.69) is 11.4 Å². The number of fused-ring (bicyclic) bond motifs is 1. The maximum atomic E-state index is 12.4. The highest BCUT2D eigenvalue weighted by molar-refractivity contribution is 6.31. The van der Waals surface area contributed by atoms with Crippen molar-refractivity contribution in [3.05, 3.63) is 112 Å². The second kappa shape index (κ2) is 9.83. The van der Waals surface area contributed by atoms with E-state index in [1.807, 2.05) is 42.5 Å². The van der Waals surface area contributed by atoms with Crippen molar-refractivity contribution in [3.8, 4) is 6.07 Å². The number of nitrogens with one attached hydrogen (secondary N) is 2. The molecular weight excluding hydrogens is 509 g/mol. The van der Waals surface area contributed by atoms with Gasteiger partial charge in [-0.1, -0.05) is 41.4 Å². The molecule has 0 amide bonds. The topological polar surface area (TPSA) is 95.6 Å². The standard InChI is InChI=1S/C28H23Cl2N5O2/c1-37-26-15-24-23(17-31)27(32)34(21-13-9-19(30)10-14-21)25(33-20-11-7-18(29)8-12-20)16-28(24,36)35(26)22-5-3-2-4-6-22/h2-15,25,32-33,36H,16H2,1H3. The molecule has 2 atom stereocenters. The van der Waals surface area contributed by atoms with Crippen molar-refractivity contribution < 1.29 is 9.84 Å². The van der Waals surface area contributed by atoms with Gasteiger partial charge in [-0.25, -0.2) is 0 Å². The van der Waals surface area contributed by atoms with Crippen LogP contribution in [0.5, 0.6) is 0 Å². The van der Waals surface area contributed by atoms with Crippen LogP contribution >= 0.6 is 23.2 Å². The zero-order chi connectivity index (χ0) is 26.2. The highest BCUT2D eigenvalue weighted by Gasteiger charge is 2.52. The van der Waals surface area contributed by atoms with Crippen LogP contribution < -0.4 is 15.1 Å². The second-order valence-electron chi connectivity index (χ2n) is 8.64. The average Bonchev–Trinajstić information content (AvgIpc) is 3.14. The molecule has 0 radical (unpaired) electrons. The molecule has 0 spiro atoms. The number of nitrogens with zero attached hydrogens (tertiary/aromatic N) is 3. The summed E-state index contributed by atoms with van der Waals surface area (Å²) in [5, 5.41) is 36.4. The monoisotopic (exact) mass is 531 g/mol. The minimum Gasteiger partial charge on any atom is -0.482 e. The van der Waals surface area contributed by atoms with E-state index >= 15 is 0 Å². The van der Waals surface area contributed by atoms with Crippen molar-refractivity contribution >= 4 is 46.1 Å². The van der Waals surface area contributed by atoms with E-state index in [-0.39, 0.29) is 17.8 Å². The van der Waals surface area contributed by atoms with Crippen LogP contribution in [0.15, 0.2) is 102 Å². The van der Waals surface area contributed by atoms with Crippen LogP contribution in [0.4, 0.5) is 17.1 Å². The molecule has 0 bridgehead atoms. The summed E-state index contributed by atoms with van der Waals surface area (Å²) in [6.07, 6.45) is 1.04. The fraction of sp³-hybridized carbons (Fsp3) is 0.143. The van der Waals surface area contributed by atoms with Crippen LogP contribution in [0.3, 0.4) is 0 Å². The fourth-order valence-electron chi connectivity index (χ4n) is 4.79. The third-order valence-corrected chi connectivity index (χ3v) is 6.95. The summed E-state index contributed by atoms with van der Waals surface area (Å²) in [7, 11) is 1.51. The lowest BCUT2D eigenvalue weighted by atomic mass is 9.95. The van der Waals surface area contributed by atoms with Crippen LogP contribution in [0.1, 0.15) is 6.42 Å². The van der Waals surface area contributed by atoms with E-state index in [4.69, 9.17) is 33.3 Å². The molecule has 3 aromatic carbocycles. The van der Waals surface area contributed by atoms with Crippen LogP contribution in [0, 0.1) is 16.7 Å². The Hall–Kier alpha value is -3.96. The first kappa shape index (κ1) is 24.7. The molecule has 2 aliphatic rings. The van der Waals surface area contributed by atoms with Gasteiger partial charge in [0.1, 0.15) is 23.6 Å². The van der Waals surface area contributed by atoms with Gasteiger partial charge in [0.2, 0.25) is 0 Å². The van der Waals surface area contributed by atoms with E-state index in [9.17, 15) is 10.4 Å². The smallest absolute Gasteiger partial charge is 0.196 e. The molecule has 186 valence electrons. The van der Waals surface area contributed by atoms with Gasteiger partial charge in [0.15, 0.2) is 11.6 Å². The Bertz CT molecular complexity index is 1430. The number of nitriles is 1. The maximum Gasteiger partial charge on any atom is 0.196 e. The SMILES string of the molecule is COC1=CC2=C(C#N)C(=N)N(c3ccc(Cl)cc3)C(Nc3ccc(Cl)cc3)CC2(O)N1c1ccccc1. The number of halogens is 2. The number of benzene rings is 3. The Balaban J connectivity index is 1.70. The number of methoxy groups -OCH3 is 1. The summed E-state index contributed by atoms with van der Waals surface area (Å²) in [4.78, 5) is 3.35. The molecule has 0 saturated carbocycles. The number of para-hydroxylation sites is 1. The third kappa shape index (κ3) is 4.40. The van der Waals surface area contributed by atoms with Crippen molar-refractivity contribution in [1.82, 2.24) is 0 Å². The minimum absolute atomic E-state index is 0.0332. The molecule has 3 N–H and O–H groups in total. The molecule has 2 unspecified atom stereocenters. The van der Waals surface area contributed by atoms with Crippen molar-refractivity contribution in [3.63, 3.8) is 0 Å². The van der Waals surface area contributed by atoms with Gasteiger partial charge in [-0.3, -0.25) is 10.3 Å². The predicted molar refractivity (Wildman–Crippen MR) is 147 cm³/mol. The normalized spacial score (nSPS) is 21.2. The lowest BCUT2D eigenvalue weighted by molar-refractivity contribution is 0.0667. The first-order valence-corrected chi connectivity index (χ1v) is 12.3. The molecule has 0 aliphatic carbocycles. The molecule has 2 aliphatic heterocycles. The number of anilines is 3. The summed E-state index contributed by atoms with van der Waals surface area (Å²) in [6, 6.07) is 25.7. The Morgan fingerprint density at radius 3 is 2.22 bits per heavy atom. The molecule has 7 nitrogen and oxygen atoms in total. The van der Waals surface area contributed by atoms with E-state index < -0.39 is 11.9 Å². The van der Waals surface area contributed by atoms with Crippen LogP contribution in [-0.4, -0.2) is 29.9 Å². The van der Waals surface area contributed by atoms with Gasteiger partial charge in [0.25, 0.3) is 0 Å². The van der Waals surface area contributed by atoms with Crippen LogP contribution in [0.2, 0.25) is 10.0 Å². The van der Waals surface area contributed by atoms with Crippen molar-refractivity contribution in [2.24, 2.45) is 0 Å². The van der Waals surface area contributed by atoms with Gasteiger partial charge in [-0.2, -0.15) is 5.26 Å². The van der Waals surface area contributed by atoms with Crippen LogP contribution in [-0.2, 0) is 4.74 Å². The number of ether oxygens (including phenoxy) is 1. The Kier molecular flexibility index (Phi) is 6.57. The molecule has 3 aromatic rings. The maximum absolute atomic E-state index is 12.4. The van der Waals surface area contributed by atoms with Gasteiger partial charge in [0.05, 0.1) is 7.11 Å². The Morgan fingerprint density at radius 2 is 1.62 bits per heavy atom. The largest absolute Gasteiger partial charge is 0.482 e. The Morgan fingerprint density at radius 1 is 1.00 bits per heavy atom. The fourth-order valence-corrected chi connectivity index (χ4v) is 5.04. The van der Waals surface area contributed by atoms with E-state index in [1.165, 1.54) is 7.11 Å². The van der Waals surface area contributed by atoms with Crippen molar-refractivity contribution in [2.45, 2.75) is 18.3 Å². The van der Waals surface area contributed by atoms with E-state index in [0.29, 0.717) is 32.9 Å². The zero-order valence-corrected chi connectivity index (χ0v) is 21.3. The highest BCUT2D eigenvalue weighted by Crippen LogP contribution is 2.46. The van der Waals surface area contributed by atoms with Gasteiger partial charge in [0, 0.05) is 45.2 Å². The summed E-state index contributed by atoms with van der Waals surface area (Å²) in [5.41, 5.74) is 0.680. The molecule has 0 fully saturated rings. The van der Waals surface area contributed by atoms with Crippen molar-refractivity contribution in [2.75, 3.05) is 22.2 Å². The second-order valence-corrected chi connectivity index (χ2v) is 9.51. The summed E-state index contributed by atoms with van der Waals surface area (Å²) < 4.78 is 5.65. The molecular formula is C28H23Cl2N5O2. The predicted octanol–water partition coefficient (Wildman–Crippen LogP) is 6.14. The molecule has 5 rings (SSSR count). The van der Waals surface area contributed by atoms with E-state index in [0.717, 1.165) is 5.69 Å². The van der Waals surface area contributed by atoms with Gasteiger partial charge >= 0.3 is 0 Å². The quantitative estimate of drug-likeness (QED) is 0.366. The lowest BCUT2D eigenvalue weighted by Crippen LogP contribution is -2.53. The van der Waals surface area contributed by atoms with Gasteiger partial charge in [-0.15, -0.1) is 0 Å². The average molecular weight is 532 g/mol. The Labute approximate surface area is 224 Å². The number of amidine groups is 1. The van der Waals surface area contributed by atoms with Crippen LogP contribution in [0.25, 0.3) is 0 Å². The summed E-state index contributed by atoms with van der Waals surface area (Å²) >= 11 is 12.2. The molecule has 0 saturated heterocycles. The van der Waals surface area contributed by atoms with Gasteiger partial charge in [-0.05, 0) is 60.7 Å². The minimum atomic E-state index is -1.70. The van der Waals surface area contributed by atoms with E-state index in [1.54, 1.807) is 52.3 Å². The third-order valence-electron chi connectivity index (χ3n) is 6.44. The summed E-state index contributed by atoms with van der Waals surface area (Å²) in [6.45, 7) is 0. The molecule has 2 heterocycles. The number of rotatable bonds is 5.